The summed E-state index contributed by atoms with van der Waals surface area (Å²) >= 11 is 0. The molecule has 1 aromatic heterocycles. The lowest BCUT2D eigenvalue weighted by atomic mass is 10.3. The Balaban J connectivity index is 2.24. The van der Waals surface area contributed by atoms with Gasteiger partial charge in [-0.3, -0.25) is 0 Å². The zero-order valence-electron chi connectivity index (χ0n) is 8.42. The Morgan fingerprint density at radius 2 is 2.00 bits per heavy atom. The van der Waals surface area contributed by atoms with Crippen molar-refractivity contribution in [3.63, 3.8) is 0 Å². The summed E-state index contributed by atoms with van der Waals surface area (Å²) in [6, 6.07) is 12.3. The van der Waals surface area contributed by atoms with E-state index < -0.39 is 0 Å². The Hall–Kier alpha value is -2.54. The molecule has 78 valence electrons. The van der Waals surface area contributed by atoms with Crippen LogP contribution in [0.4, 0.5) is 5.69 Å². The van der Waals surface area contributed by atoms with Crippen LogP contribution in [-0.4, -0.2) is 4.98 Å². The Kier molecular flexibility index (Phi) is 2.70. The first-order chi connectivity index (χ1) is 7.78. The summed E-state index contributed by atoms with van der Waals surface area (Å²) in [5, 5.41) is 8.68. The highest BCUT2D eigenvalue weighted by atomic mass is 16.5. The molecule has 0 bridgehead atoms. The van der Waals surface area contributed by atoms with Crippen LogP contribution in [0.3, 0.4) is 0 Å². The molecule has 0 aliphatic rings. The molecular formula is C12H9N3O. The number of nitrogens with zero attached hydrogens (tertiary/aromatic N) is 2. The highest BCUT2D eigenvalue weighted by Crippen LogP contribution is 2.22. The molecular weight excluding hydrogens is 202 g/mol. The van der Waals surface area contributed by atoms with Gasteiger partial charge in [0, 0.05) is 24.0 Å². The number of rotatable bonds is 2. The van der Waals surface area contributed by atoms with E-state index in [-0.39, 0.29) is 0 Å². The monoisotopic (exact) mass is 211 g/mol. The topological polar surface area (TPSA) is 71.9 Å². The Bertz CT molecular complexity index is 546. The van der Waals surface area contributed by atoms with Gasteiger partial charge in [-0.25, -0.2) is 4.98 Å². The minimum atomic E-state index is 0.321. The minimum Gasteiger partial charge on any atom is -0.457 e. The quantitative estimate of drug-likeness (QED) is 0.774. The predicted molar refractivity (Wildman–Crippen MR) is 59.9 cm³/mol. The average molecular weight is 211 g/mol. The van der Waals surface area contributed by atoms with Crippen LogP contribution in [0, 0.1) is 11.3 Å². The molecule has 1 heterocycles. The van der Waals surface area contributed by atoms with E-state index in [4.69, 9.17) is 15.7 Å². The van der Waals surface area contributed by atoms with Crippen molar-refractivity contribution in [2.45, 2.75) is 0 Å². The third-order valence-corrected chi connectivity index (χ3v) is 1.94. The number of nitriles is 1. The van der Waals surface area contributed by atoms with E-state index in [1.165, 1.54) is 6.20 Å². The predicted octanol–water partition coefficient (Wildman–Crippen LogP) is 2.33. The fourth-order valence-corrected chi connectivity index (χ4v) is 1.25. The Morgan fingerprint density at radius 3 is 2.75 bits per heavy atom. The number of pyridine rings is 1. The lowest BCUT2D eigenvalue weighted by Crippen LogP contribution is -1.89. The van der Waals surface area contributed by atoms with Crippen LogP contribution in [0.5, 0.6) is 11.5 Å². The van der Waals surface area contributed by atoms with Crippen molar-refractivity contribution in [2.75, 3.05) is 5.73 Å². The first-order valence-electron chi connectivity index (χ1n) is 4.67. The van der Waals surface area contributed by atoms with Crippen molar-refractivity contribution < 1.29 is 4.74 Å². The number of anilines is 1. The van der Waals surface area contributed by atoms with Gasteiger partial charge in [0.25, 0.3) is 0 Å². The molecule has 4 heteroatoms. The van der Waals surface area contributed by atoms with Gasteiger partial charge in [-0.15, -0.1) is 0 Å². The van der Waals surface area contributed by atoms with Gasteiger partial charge in [0.05, 0.1) is 0 Å². The van der Waals surface area contributed by atoms with Gasteiger partial charge in [0.15, 0.2) is 0 Å². The number of ether oxygens (including phenoxy) is 1. The number of aromatic nitrogens is 1. The third kappa shape index (κ3) is 2.28. The van der Waals surface area contributed by atoms with Gasteiger partial charge in [-0.1, -0.05) is 6.07 Å². The first kappa shape index (κ1) is 9.99. The molecule has 0 spiro atoms. The second-order valence-electron chi connectivity index (χ2n) is 3.16. The Labute approximate surface area is 92.9 Å². The van der Waals surface area contributed by atoms with Crippen molar-refractivity contribution >= 4 is 5.69 Å². The van der Waals surface area contributed by atoms with Gasteiger partial charge in [0.1, 0.15) is 23.3 Å². The zero-order valence-corrected chi connectivity index (χ0v) is 8.42. The standard InChI is InChI=1S/C12H9N3O/c13-8-10-7-12(4-5-15-10)16-11-3-1-2-9(14)6-11/h1-7H,14H2. The van der Waals surface area contributed by atoms with Crippen molar-refractivity contribution in [3.8, 4) is 17.6 Å². The normalized spacial score (nSPS) is 9.44. The molecule has 0 amide bonds. The summed E-state index contributed by atoms with van der Waals surface area (Å²) < 4.78 is 5.53. The molecule has 0 aliphatic carbocycles. The van der Waals surface area contributed by atoms with E-state index in [2.05, 4.69) is 4.98 Å². The van der Waals surface area contributed by atoms with E-state index in [1.54, 1.807) is 36.4 Å². The van der Waals surface area contributed by atoms with Gasteiger partial charge in [-0.05, 0) is 18.2 Å². The second-order valence-corrected chi connectivity index (χ2v) is 3.16. The van der Waals surface area contributed by atoms with E-state index >= 15 is 0 Å². The molecule has 0 aliphatic heterocycles. The maximum Gasteiger partial charge on any atom is 0.144 e. The number of nitrogen functional groups attached to an aromatic ring is 1. The van der Waals surface area contributed by atoms with Crippen molar-refractivity contribution in [3.05, 3.63) is 48.3 Å². The molecule has 0 radical (unpaired) electrons. The summed E-state index contributed by atoms with van der Waals surface area (Å²) in [6.45, 7) is 0. The zero-order chi connectivity index (χ0) is 11.4. The van der Waals surface area contributed by atoms with Gasteiger partial charge in [0.2, 0.25) is 0 Å². The smallest absolute Gasteiger partial charge is 0.144 e. The summed E-state index contributed by atoms with van der Waals surface area (Å²) in [4.78, 5) is 3.85. The van der Waals surface area contributed by atoms with Crippen LogP contribution >= 0.6 is 0 Å². The van der Waals surface area contributed by atoms with Gasteiger partial charge < -0.3 is 10.5 Å². The second kappa shape index (κ2) is 4.32. The van der Waals surface area contributed by atoms with Crippen LogP contribution in [0.1, 0.15) is 5.69 Å². The maximum absolute atomic E-state index is 8.68. The van der Waals surface area contributed by atoms with Crippen LogP contribution in [0.25, 0.3) is 0 Å². The number of nitrogens with two attached hydrogens (primary N) is 1. The van der Waals surface area contributed by atoms with Crippen LogP contribution < -0.4 is 10.5 Å². The number of hydrogen-bond acceptors (Lipinski definition) is 4. The van der Waals surface area contributed by atoms with Gasteiger partial charge in [-0.2, -0.15) is 5.26 Å². The molecule has 0 fully saturated rings. The molecule has 0 unspecified atom stereocenters. The molecule has 2 rings (SSSR count). The van der Waals surface area contributed by atoms with Crippen LogP contribution in [0.15, 0.2) is 42.6 Å². The number of hydrogen-bond donors (Lipinski definition) is 1. The summed E-state index contributed by atoms with van der Waals surface area (Å²) in [7, 11) is 0. The Morgan fingerprint density at radius 1 is 1.19 bits per heavy atom. The van der Waals surface area contributed by atoms with E-state index in [0.29, 0.717) is 22.9 Å². The molecule has 16 heavy (non-hydrogen) atoms. The summed E-state index contributed by atoms with van der Waals surface area (Å²) in [6.07, 6.45) is 1.53. The lowest BCUT2D eigenvalue weighted by molar-refractivity contribution is 0.482. The van der Waals surface area contributed by atoms with Crippen LogP contribution in [0.2, 0.25) is 0 Å². The van der Waals surface area contributed by atoms with E-state index in [1.807, 2.05) is 6.07 Å². The lowest BCUT2D eigenvalue weighted by Gasteiger charge is -2.05. The molecule has 2 N–H and O–H groups in total. The fourth-order valence-electron chi connectivity index (χ4n) is 1.25. The van der Waals surface area contributed by atoms with E-state index in [0.717, 1.165) is 0 Å². The molecule has 0 saturated heterocycles. The SMILES string of the molecule is N#Cc1cc(Oc2cccc(N)c2)ccn1. The molecule has 4 nitrogen and oxygen atoms in total. The summed E-state index contributed by atoms with van der Waals surface area (Å²) in [5.41, 5.74) is 6.58. The molecule has 2 aromatic rings. The number of benzene rings is 1. The molecule has 1 aromatic carbocycles. The highest BCUT2D eigenvalue weighted by Gasteiger charge is 1.99. The average Bonchev–Trinajstić information content (AvgIpc) is 2.29. The molecule has 0 saturated carbocycles. The minimum absolute atomic E-state index is 0.321. The van der Waals surface area contributed by atoms with Gasteiger partial charge >= 0.3 is 0 Å². The first-order valence-corrected chi connectivity index (χ1v) is 4.67. The van der Waals surface area contributed by atoms with Crippen molar-refractivity contribution in [2.24, 2.45) is 0 Å². The third-order valence-electron chi connectivity index (χ3n) is 1.94. The molecule has 0 atom stereocenters. The summed E-state index contributed by atoms with van der Waals surface area (Å²) in [5.74, 6) is 1.20. The highest BCUT2D eigenvalue weighted by molar-refractivity contribution is 5.45. The van der Waals surface area contributed by atoms with Crippen molar-refractivity contribution in [1.82, 2.24) is 4.98 Å². The van der Waals surface area contributed by atoms with Crippen molar-refractivity contribution in [1.29, 1.82) is 5.26 Å². The largest absolute Gasteiger partial charge is 0.457 e. The maximum atomic E-state index is 8.68. The fraction of sp³-hybridized carbons (Fsp3) is 0. The van der Waals surface area contributed by atoms with Crippen LogP contribution in [-0.2, 0) is 0 Å². The van der Waals surface area contributed by atoms with E-state index in [9.17, 15) is 0 Å².